The normalized spacial score (nSPS) is 23.3. The molecule has 0 bridgehead atoms. The number of carbonyl (C=O) groups is 2. The summed E-state index contributed by atoms with van der Waals surface area (Å²) in [4.78, 5) is 28.8. The molecule has 2 amide bonds. The lowest BCUT2D eigenvalue weighted by Gasteiger charge is -2.39. The number of carbonyl (C=O) groups excluding carboxylic acids is 1. The highest BCUT2D eigenvalue weighted by atomic mass is 19.1. The first-order valence-corrected chi connectivity index (χ1v) is 8.60. The quantitative estimate of drug-likeness (QED) is 0.835. The zero-order chi connectivity index (χ0) is 17.0. The monoisotopic (exact) mass is 329 g/mol. The smallest absolute Gasteiger partial charge is 0.407 e. The van der Waals surface area contributed by atoms with Crippen molar-refractivity contribution in [2.45, 2.75) is 51.2 Å². The summed E-state index contributed by atoms with van der Waals surface area (Å²) in [5, 5.41) is 9.16. The van der Waals surface area contributed by atoms with Gasteiger partial charge in [0.2, 0.25) is 5.91 Å². The average Bonchev–Trinajstić information content (AvgIpc) is 3.04. The van der Waals surface area contributed by atoms with Crippen LogP contribution in [0.2, 0.25) is 0 Å². The minimum atomic E-state index is -1.16. The van der Waals surface area contributed by atoms with Gasteiger partial charge in [-0.3, -0.25) is 14.6 Å². The standard InChI is InChI=1S/C16H28FN3O3/c1-3-16(17,4-2)12-18-8-10-19(11-9-18)14(21)13-6-5-7-20(13)15(22)23/h13H,3-12H2,1-2H3,(H,22,23)/t13-/m0/s1. The fourth-order valence-corrected chi connectivity index (χ4v) is 3.46. The number of carboxylic acid groups (broad SMARTS) is 1. The lowest BCUT2D eigenvalue weighted by Crippen LogP contribution is -2.55. The molecule has 0 aromatic rings. The number of hydrogen-bond acceptors (Lipinski definition) is 3. The van der Waals surface area contributed by atoms with Crippen LogP contribution in [0.25, 0.3) is 0 Å². The number of rotatable bonds is 5. The largest absolute Gasteiger partial charge is 0.465 e. The molecular weight excluding hydrogens is 301 g/mol. The fraction of sp³-hybridized carbons (Fsp3) is 0.875. The molecule has 6 nitrogen and oxygen atoms in total. The van der Waals surface area contributed by atoms with Crippen LogP contribution in [-0.2, 0) is 4.79 Å². The van der Waals surface area contributed by atoms with Gasteiger partial charge in [-0.1, -0.05) is 13.8 Å². The Balaban J connectivity index is 1.86. The molecule has 0 unspecified atom stereocenters. The van der Waals surface area contributed by atoms with Crippen LogP contribution in [0.15, 0.2) is 0 Å². The fourth-order valence-electron chi connectivity index (χ4n) is 3.46. The van der Waals surface area contributed by atoms with E-state index >= 15 is 0 Å². The maximum atomic E-state index is 14.5. The third-order valence-corrected chi connectivity index (χ3v) is 5.24. The summed E-state index contributed by atoms with van der Waals surface area (Å²) in [5.74, 6) is -0.0953. The van der Waals surface area contributed by atoms with Crippen LogP contribution in [-0.4, -0.2) is 82.8 Å². The van der Waals surface area contributed by atoms with Gasteiger partial charge >= 0.3 is 6.09 Å². The maximum absolute atomic E-state index is 14.5. The molecule has 0 aliphatic carbocycles. The van der Waals surface area contributed by atoms with Crippen LogP contribution in [0.1, 0.15) is 39.5 Å². The van der Waals surface area contributed by atoms with E-state index in [0.29, 0.717) is 58.5 Å². The Labute approximate surface area is 137 Å². The SMILES string of the molecule is CCC(F)(CC)CN1CCN(C(=O)[C@@H]2CCCN2C(=O)O)CC1. The van der Waals surface area contributed by atoms with Crippen molar-refractivity contribution >= 4 is 12.0 Å². The van der Waals surface area contributed by atoms with E-state index in [9.17, 15) is 14.0 Å². The zero-order valence-electron chi connectivity index (χ0n) is 14.1. The highest BCUT2D eigenvalue weighted by Crippen LogP contribution is 2.24. The van der Waals surface area contributed by atoms with Gasteiger partial charge in [0.15, 0.2) is 0 Å². The summed E-state index contributed by atoms with van der Waals surface area (Å²) in [5.41, 5.74) is -1.16. The number of likely N-dealkylation sites (tertiary alicyclic amines) is 1. The second-order valence-corrected chi connectivity index (χ2v) is 6.59. The van der Waals surface area contributed by atoms with Gasteiger partial charge in [-0.25, -0.2) is 9.18 Å². The van der Waals surface area contributed by atoms with E-state index in [1.165, 1.54) is 4.90 Å². The summed E-state index contributed by atoms with van der Waals surface area (Å²) in [6.07, 6.45) is 1.31. The number of alkyl halides is 1. The second kappa shape index (κ2) is 7.47. The second-order valence-electron chi connectivity index (χ2n) is 6.59. The first-order valence-electron chi connectivity index (χ1n) is 8.60. The topological polar surface area (TPSA) is 64.1 Å². The molecule has 7 heteroatoms. The number of nitrogens with zero attached hydrogens (tertiary/aromatic N) is 3. The molecule has 0 spiro atoms. The molecule has 1 N–H and O–H groups in total. The molecule has 0 aromatic heterocycles. The van der Waals surface area contributed by atoms with Crippen molar-refractivity contribution in [2.75, 3.05) is 39.3 Å². The Bertz CT molecular complexity index is 434. The van der Waals surface area contributed by atoms with Crippen LogP contribution in [0.3, 0.4) is 0 Å². The molecule has 2 rings (SSSR count). The summed E-state index contributed by atoms with van der Waals surface area (Å²) in [7, 11) is 0. The third-order valence-electron chi connectivity index (χ3n) is 5.24. The van der Waals surface area contributed by atoms with Crippen LogP contribution in [0.4, 0.5) is 9.18 Å². The molecule has 2 fully saturated rings. The van der Waals surface area contributed by atoms with Gasteiger partial charge in [0.05, 0.1) is 0 Å². The van der Waals surface area contributed by atoms with E-state index in [1.54, 1.807) is 4.90 Å². The molecule has 2 aliphatic heterocycles. The van der Waals surface area contributed by atoms with Crippen molar-refractivity contribution in [3.8, 4) is 0 Å². The number of halogens is 1. The summed E-state index contributed by atoms with van der Waals surface area (Å²) >= 11 is 0. The first-order chi connectivity index (χ1) is 10.9. The Kier molecular flexibility index (Phi) is 5.84. The Morgan fingerprint density at radius 3 is 2.26 bits per heavy atom. The van der Waals surface area contributed by atoms with Crippen LogP contribution in [0, 0.1) is 0 Å². The van der Waals surface area contributed by atoms with Gasteiger partial charge < -0.3 is 10.0 Å². The molecule has 23 heavy (non-hydrogen) atoms. The minimum Gasteiger partial charge on any atom is -0.465 e. The molecule has 0 aromatic carbocycles. The number of piperazine rings is 1. The van der Waals surface area contributed by atoms with Crippen LogP contribution < -0.4 is 0 Å². The lowest BCUT2D eigenvalue weighted by atomic mass is 9.98. The zero-order valence-corrected chi connectivity index (χ0v) is 14.1. The van der Waals surface area contributed by atoms with Gasteiger partial charge in [-0.15, -0.1) is 0 Å². The Morgan fingerprint density at radius 2 is 1.74 bits per heavy atom. The highest BCUT2D eigenvalue weighted by Gasteiger charge is 2.38. The van der Waals surface area contributed by atoms with Gasteiger partial charge in [-0.2, -0.15) is 0 Å². The number of amides is 2. The van der Waals surface area contributed by atoms with E-state index in [0.717, 1.165) is 6.42 Å². The molecule has 132 valence electrons. The summed E-state index contributed by atoms with van der Waals surface area (Å²) in [6.45, 7) is 6.97. The van der Waals surface area contributed by atoms with Crippen molar-refractivity contribution in [1.82, 2.24) is 14.7 Å². The van der Waals surface area contributed by atoms with Crippen molar-refractivity contribution in [2.24, 2.45) is 0 Å². The van der Waals surface area contributed by atoms with Gasteiger partial charge in [-0.05, 0) is 25.7 Å². The Hall–Kier alpha value is -1.37. The van der Waals surface area contributed by atoms with Gasteiger partial charge in [0, 0.05) is 39.3 Å². The van der Waals surface area contributed by atoms with Gasteiger partial charge in [0.1, 0.15) is 11.7 Å². The van der Waals surface area contributed by atoms with Crippen molar-refractivity contribution < 1.29 is 19.1 Å². The van der Waals surface area contributed by atoms with E-state index in [2.05, 4.69) is 4.90 Å². The molecule has 2 saturated heterocycles. The maximum Gasteiger partial charge on any atom is 0.407 e. The Morgan fingerprint density at radius 1 is 1.13 bits per heavy atom. The van der Waals surface area contributed by atoms with E-state index in [4.69, 9.17) is 5.11 Å². The minimum absolute atomic E-state index is 0.0953. The van der Waals surface area contributed by atoms with Gasteiger partial charge in [0.25, 0.3) is 0 Å². The van der Waals surface area contributed by atoms with Crippen molar-refractivity contribution in [3.05, 3.63) is 0 Å². The lowest BCUT2D eigenvalue weighted by molar-refractivity contribution is -0.137. The van der Waals surface area contributed by atoms with Crippen molar-refractivity contribution in [1.29, 1.82) is 0 Å². The van der Waals surface area contributed by atoms with Crippen molar-refractivity contribution in [3.63, 3.8) is 0 Å². The molecule has 0 radical (unpaired) electrons. The molecule has 2 aliphatic rings. The molecular formula is C16H28FN3O3. The predicted molar refractivity (Wildman–Crippen MR) is 85.2 cm³/mol. The highest BCUT2D eigenvalue weighted by molar-refractivity contribution is 5.86. The predicted octanol–water partition coefficient (Wildman–Crippen LogP) is 1.80. The summed E-state index contributed by atoms with van der Waals surface area (Å²) < 4.78 is 14.5. The summed E-state index contributed by atoms with van der Waals surface area (Å²) in [6, 6.07) is -0.536. The number of hydrogen-bond donors (Lipinski definition) is 1. The average molecular weight is 329 g/mol. The molecule has 2 heterocycles. The third kappa shape index (κ3) is 4.13. The van der Waals surface area contributed by atoms with E-state index in [-0.39, 0.29) is 5.91 Å². The van der Waals surface area contributed by atoms with E-state index in [1.807, 2.05) is 13.8 Å². The van der Waals surface area contributed by atoms with Crippen LogP contribution in [0.5, 0.6) is 0 Å². The molecule has 0 saturated carbocycles. The first kappa shape index (κ1) is 18.0. The van der Waals surface area contributed by atoms with E-state index < -0.39 is 17.8 Å². The molecule has 1 atom stereocenters. The van der Waals surface area contributed by atoms with Crippen LogP contribution >= 0.6 is 0 Å².